The number of benzene rings is 2. The second-order valence-electron chi connectivity index (χ2n) is 11.3. The van der Waals surface area contributed by atoms with Crippen LogP contribution in [0.2, 0.25) is 0 Å². The number of para-hydroxylation sites is 1. The standard InChI is InChI=1S/C34H41N5O3/c1-25(2)21-34(41)39-18-8-17-37(32-11-6-7-16-35-32)19-20-38(24-27-9-4-5-10-31(27)39)33(40)15-12-26-23-36-30-14-13-28(42-3)22-29(26)30/h4-7,9-11,13-14,16,22-23,25,36H,8,12,15,17-21,24H2,1-3H3. The van der Waals surface area contributed by atoms with E-state index >= 15 is 0 Å². The minimum Gasteiger partial charge on any atom is -0.497 e. The highest BCUT2D eigenvalue weighted by Crippen LogP contribution is 2.27. The van der Waals surface area contributed by atoms with E-state index in [1.54, 1.807) is 13.3 Å². The van der Waals surface area contributed by atoms with Crippen LogP contribution in [0.1, 0.15) is 44.2 Å². The van der Waals surface area contributed by atoms with Crippen LogP contribution in [0, 0.1) is 5.92 Å². The average Bonchev–Trinajstić information content (AvgIpc) is 3.39. The molecule has 8 heteroatoms. The Kier molecular flexibility index (Phi) is 9.41. The maximum absolute atomic E-state index is 13.9. The van der Waals surface area contributed by atoms with Crippen molar-refractivity contribution in [1.29, 1.82) is 0 Å². The molecule has 1 aliphatic heterocycles. The molecule has 1 aliphatic rings. The molecule has 42 heavy (non-hydrogen) atoms. The lowest BCUT2D eigenvalue weighted by atomic mass is 10.1. The summed E-state index contributed by atoms with van der Waals surface area (Å²) in [6, 6.07) is 19.9. The number of anilines is 2. The molecule has 8 nitrogen and oxygen atoms in total. The quantitative estimate of drug-likeness (QED) is 0.304. The molecule has 0 saturated carbocycles. The van der Waals surface area contributed by atoms with Gasteiger partial charge in [0.2, 0.25) is 11.8 Å². The van der Waals surface area contributed by atoms with Gasteiger partial charge in [-0.15, -0.1) is 0 Å². The van der Waals surface area contributed by atoms with Gasteiger partial charge >= 0.3 is 0 Å². The number of fused-ring (bicyclic) bond motifs is 2. The number of ether oxygens (including phenoxy) is 1. The Hall–Kier alpha value is -4.33. The lowest BCUT2D eigenvalue weighted by Crippen LogP contribution is -2.39. The molecule has 4 aromatic rings. The van der Waals surface area contributed by atoms with E-state index in [-0.39, 0.29) is 17.7 Å². The number of aryl methyl sites for hydroxylation is 1. The Morgan fingerprint density at radius 2 is 1.81 bits per heavy atom. The molecule has 0 bridgehead atoms. The number of aromatic nitrogens is 2. The van der Waals surface area contributed by atoms with E-state index in [9.17, 15) is 9.59 Å². The number of carbonyl (C=O) groups is 2. The first-order valence-corrected chi connectivity index (χ1v) is 14.9. The third kappa shape index (κ3) is 6.93. The van der Waals surface area contributed by atoms with E-state index in [2.05, 4.69) is 28.7 Å². The van der Waals surface area contributed by atoms with Gasteiger partial charge in [-0.3, -0.25) is 9.59 Å². The summed E-state index contributed by atoms with van der Waals surface area (Å²) in [4.78, 5) is 41.4. The van der Waals surface area contributed by atoms with Gasteiger partial charge in [0.15, 0.2) is 0 Å². The molecule has 0 aliphatic carbocycles. The Balaban J connectivity index is 1.42. The lowest BCUT2D eigenvalue weighted by Gasteiger charge is -2.29. The van der Waals surface area contributed by atoms with Gasteiger partial charge < -0.3 is 24.4 Å². The van der Waals surface area contributed by atoms with Crippen LogP contribution in [0.5, 0.6) is 5.75 Å². The van der Waals surface area contributed by atoms with Crippen LogP contribution in [0.3, 0.4) is 0 Å². The third-order valence-corrected chi connectivity index (χ3v) is 7.89. The highest BCUT2D eigenvalue weighted by molar-refractivity contribution is 5.94. The maximum atomic E-state index is 13.9. The number of amides is 2. The first-order valence-electron chi connectivity index (χ1n) is 14.9. The summed E-state index contributed by atoms with van der Waals surface area (Å²) < 4.78 is 5.42. The number of carbonyl (C=O) groups excluding carboxylic acids is 2. The molecule has 220 valence electrons. The third-order valence-electron chi connectivity index (χ3n) is 7.89. The van der Waals surface area contributed by atoms with Crippen LogP contribution in [-0.4, -0.2) is 60.0 Å². The molecule has 0 fully saturated rings. The smallest absolute Gasteiger partial charge is 0.227 e. The molecule has 0 spiro atoms. The van der Waals surface area contributed by atoms with Gasteiger partial charge in [-0.1, -0.05) is 38.1 Å². The average molecular weight is 568 g/mol. The zero-order valence-electron chi connectivity index (χ0n) is 24.9. The van der Waals surface area contributed by atoms with Crippen molar-refractivity contribution >= 4 is 34.2 Å². The zero-order chi connectivity index (χ0) is 29.5. The summed E-state index contributed by atoms with van der Waals surface area (Å²) in [5, 5.41) is 1.07. The molecule has 0 radical (unpaired) electrons. The van der Waals surface area contributed by atoms with Gasteiger partial charge in [-0.2, -0.15) is 0 Å². The first-order chi connectivity index (χ1) is 20.4. The molecular weight excluding hydrogens is 526 g/mol. The number of methoxy groups -OCH3 is 1. The van der Waals surface area contributed by atoms with Crippen molar-refractivity contribution in [2.24, 2.45) is 5.92 Å². The van der Waals surface area contributed by atoms with Crippen molar-refractivity contribution in [3.8, 4) is 5.75 Å². The van der Waals surface area contributed by atoms with Crippen molar-refractivity contribution in [3.05, 3.63) is 84.2 Å². The molecule has 5 rings (SSSR count). The van der Waals surface area contributed by atoms with Crippen LogP contribution in [0.15, 0.2) is 73.1 Å². The van der Waals surface area contributed by atoms with Crippen LogP contribution in [0.25, 0.3) is 10.9 Å². The lowest BCUT2D eigenvalue weighted by molar-refractivity contribution is -0.131. The van der Waals surface area contributed by atoms with E-state index < -0.39 is 0 Å². The fourth-order valence-electron chi connectivity index (χ4n) is 5.68. The largest absolute Gasteiger partial charge is 0.497 e. The molecule has 2 aromatic heterocycles. The molecular formula is C34H41N5O3. The normalized spacial score (nSPS) is 14.5. The van der Waals surface area contributed by atoms with Crippen molar-refractivity contribution in [1.82, 2.24) is 14.9 Å². The van der Waals surface area contributed by atoms with Crippen LogP contribution in [0.4, 0.5) is 11.5 Å². The SMILES string of the molecule is COc1ccc2[nH]cc(CCC(=O)N3CCN(c4ccccn4)CCCN(C(=O)CC(C)C)c4ccccc4C3)c2c1. The van der Waals surface area contributed by atoms with E-state index in [1.165, 1.54) is 0 Å². The number of rotatable bonds is 7. The highest BCUT2D eigenvalue weighted by atomic mass is 16.5. The van der Waals surface area contributed by atoms with Crippen LogP contribution < -0.4 is 14.5 Å². The molecule has 0 saturated heterocycles. The van der Waals surface area contributed by atoms with Crippen molar-refractivity contribution in [3.63, 3.8) is 0 Å². The zero-order valence-corrected chi connectivity index (χ0v) is 24.9. The number of hydrogen-bond acceptors (Lipinski definition) is 5. The molecule has 2 amide bonds. The Morgan fingerprint density at radius 3 is 2.60 bits per heavy atom. The number of H-pyrrole nitrogens is 1. The van der Waals surface area contributed by atoms with Crippen molar-refractivity contribution in [2.45, 2.75) is 46.1 Å². The first kappa shape index (κ1) is 29.2. The molecule has 0 unspecified atom stereocenters. The summed E-state index contributed by atoms with van der Waals surface area (Å²) in [6.07, 6.45) is 6.07. The summed E-state index contributed by atoms with van der Waals surface area (Å²) in [5.41, 5.74) is 4.01. The summed E-state index contributed by atoms with van der Waals surface area (Å²) in [5.74, 6) is 2.14. The Labute approximate surface area is 248 Å². The van der Waals surface area contributed by atoms with Crippen molar-refractivity contribution in [2.75, 3.05) is 43.1 Å². The number of hydrogen-bond donors (Lipinski definition) is 1. The fraction of sp³-hybridized carbons (Fsp3) is 0.382. The van der Waals surface area contributed by atoms with Gasteiger partial charge in [0.05, 0.1) is 7.11 Å². The Bertz CT molecular complexity index is 1500. The molecule has 1 N–H and O–H groups in total. The van der Waals surface area contributed by atoms with E-state index in [1.807, 2.05) is 76.7 Å². The molecule has 2 aromatic carbocycles. The second-order valence-corrected chi connectivity index (χ2v) is 11.3. The van der Waals surface area contributed by atoms with E-state index in [0.717, 1.165) is 52.3 Å². The maximum Gasteiger partial charge on any atom is 0.227 e. The van der Waals surface area contributed by atoms with E-state index in [4.69, 9.17) is 4.74 Å². The predicted octanol–water partition coefficient (Wildman–Crippen LogP) is 5.82. The van der Waals surface area contributed by atoms with Crippen LogP contribution >= 0.6 is 0 Å². The predicted molar refractivity (Wildman–Crippen MR) is 168 cm³/mol. The minimum absolute atomic E-state index is 0.0855. The minimum atomic E-state index is 0.0855. The summed E-state index contributed by atoms with van der Waals surface area (Å²) >= 11 is 0. The van der Waals surface area contributed by atoms with Gasteiger partial charge in [0, 0.05) is 74.5 Å². The van der Waals surface area contributed by atoms with Gasteiger partial charge in [-0.05, 0) is 66.3 Å². The van der Waals surface area contributed by atoms with Gasteiger partial charge in [0.1, 0.15) is 11.6 Å². The molecule has 0 atom stereocenters. The highest BCUT2D eigenvalue weighted by Gasteiger charge is 2.24. The number of nitrogens with one attached hydrogen (secondary N) is 1. The monoisotopic (exact) mass is 567 g/mol. The van der Waals surface area contributed by atoms with Gasteiger partial charge in [-0.25, -0.2) is 4.98 Å². The van der Waals surface area contributed by atoms with Gasteiger partial charge in [0.25, 0.3) is 0 Å². The summed E-state index contributed by atoms with van der Waals surface area (Å²) in [6.45, 7) is 7.17. The Morgan fingerprint density at radius 1 is 0.976 bits per heavy atom. The number of nitrogens with zero attached hydrogens (tertiary/aromatic N) is 4. The fourth-order valence-corrected chi connectivity index (χ4v) is 5.68. The van der Waals surface area contributed by atoms with Crippen LogP contribution in [-0.2, 0) is 22.6 Å². The second kappa shape index (κ2) is 13.6. The van der Waals surface area contributed by atoms with E-state index in [0.29, 0.717) is 45.4 Å². The topological polar surface area (TPSA) is 81.8 Å². The molecule has 3 heterocycles. The number of pyridine rings is 1. The number of aromatic amines is 1. The summed E-state index contributed by atoms with van der Waals surface area (Å²) in [7, 11) is 1.66. The van der Waals surface area contributed by atoms with Crippen molar-refractivity contribution < 1.29 is 14.3 Å².